The van der Waals surface area contributed by atoms with E-state index >= 15 is 0 Å². The summed E-state index contributed by atoms with van der Waals surface area (Å²) in [5.41, 5.74) is 0.640. The zero-order valence-electron chi connectivity index (χ0n) is 10.6. The van der Waals surface area contributed by atoms with Crippen LogP contribution < -0.4 is 0 Å². The molecule has 0 bridgehead atoms. The number of allylic oxidation sites excluding steroid dienone is 3. The second-order valence-corrected chi connectivity index (χ2v) is 4.38. The molecule has 2 nitrogen and oxygen atoms in total. The minimum atomic E-state index is -2.58. The van der Waals surface area contributed by atoms with Crippen LogP contribution in [0, 0.1) is 11.3 Å². The fraction of sp³-hybridized carbons (Fsp3) is 0.500. The molecule has 0 saturated carbocycles. The van der Waals surface area contributed by atoms with Gasteiger partial charge in [-0.2, -0.15) is 5.26 Å². The topological polar surface area (TPSA) is 27.0 Å². The predicted octanol–water partition coefficient (Wildman–Crippen LogP) is 3.30. The van der Waals surface area contributed by atoms with Crippen LogP contribution in [0.15, 0.2) is 36.5 Å². The molecular weight excluding hydrogens is 234 g/mol. The molecule has 1 heterocycles. The van der Waals surface area contributed by atoms with Gasteiger partial charge in [-0.05, 0) is 12.5 Å². The Bertz CT molecular complexity index is 381. The highest BCUT2D eigenvalue weighted by atomic mass is 19.3. The van der Waals surface area contributed by atoms with E-state index < -0.39 is 12.0 Å². The molecule has 0 N–H and O–H groups in total. The van der Waals surface area contributed by atoms with Crippen molar-refractivity contribution in [3.8, 4) is 6.07 Å². The van der Waals surface area contributed by atoms with Crippen LogP contribution in [0.2, 0.25) is 0 Å². The molecular formula is C14H18F2N2. The number of rotatable bonds is 4. The highest BCUT2D eigenvalue weighted by molar-refractivity contribution is 5.29. The summed E-state index contributed by atoms with van der Waals surface area (Å²) in [6.45, 7) is 6.20. The Hall–Kier alpha value is -1.47. The van der Waals surface area contributed by atoms with Gasteiger partial charge < -0.3 is 0 Å². The number of hydrogen-bond donors (Lipinski definition) is 0. The van der Waals surface area contributed by atoms with Gasteiger partial charge in [-0.25, -0.2) is 8.78 Å². The van der Waals surface area contributed by atoms with Crippen molar-refractivity contribution in [3.05, 3.63) is 36.5 Å². The summed E-state index contributed by atoms with van der Waals surface area (Å²) < 4.78 is 26.1. The standard InChI is InChI=1S/C14H18F2N2/c1-3-4-5-6-12(2)13(11-17)18-9-7-14(15,16)8-10-18/h3-6,13H,2,7-10H2,1H3/b4-3-,6-5-. The van der Waals surface area contributed by atoms with E-state index in [0.29, 0.717) is 5.57 Å². The Morgan fingerprint density at radius 1 is 1.39 bits per heavy atom. The molecule has 0 spiro atoms. The van der Waals surface area contributed by atoms with Crippen molar-refractivity contribution in [2.24, 2.45) is 0 Å². The van der Waals surface area contributed by atoms with Crippen LogP contribution in [-0.2, 0) is 0 Å². The van der Waals surface area contributed by atoms with Gasteiger partial charge >= 0.3 is 0 Å². The van der Waals surface area contributed by atoms with Gasteiger partial charge in [-0.1, -0.05) is 30.9 Å². The van der Waals surface area contributed by atoms with Crippen LogP contribution in [0.3, 0.4) is 0 Å². The average Bonchev–Trinajstić information content (AvgIpc) is 2.32. The lowest BCUT2D eigenvalue weighted by atomic mass is 10.0. The molecule has 0 aromatic carbocycles. The Balaban J connectivity index is 2.63. The lowest BCUT2D eigenvalue weighted by Crippen LogP contribution is -2.44. The van der Waals surface area contributed by atoms with Crippen molar-refractivity contribution >= 4 is 0 Å². The number of halogens is 2. The van der Waals surface area contributed by atoms with Gasteiger partial charge in [0.1, 0.15) is 6.04 Å². The third-order valence-corrected chi connectivity index (χ3v) is 2.98. The minimum Gasteiger partial charge on any atom is -0.284 e. The fourth-order valence-corrected chi connectivity index (χ4v) is 1.89. The molecule has 1 aliphatic rings. The lowest BCUT2D eigenvalue weighted by molar-refractivity contribution is -0.0569. The Morgan fingerprint density at radius 3 is 2.50 bits per heavy atom. The highest BCUT2D eigenvalue weighted by Crippen LogP contribution is 2.29. The first kappa shape index (κ1) is 14.6. The molecule has 1 rings (SSSR count). The summed E-state index contributed by atoms with van der Waals surface area (Å²) in [5.74, 6) is -2.58. The molecule has 98 valence electrons. The molecule has 1 fully saturated rings. The number of nitrogens with zero attached hydrogens (tertiary/aromatic N) is 2. The second-order valence-electron chi connectivity index (χ2n) is 4.38. The summed E-state index contributed by atoms with van der Waals surface area (Å²) in [6, 6.07) is 1.62. The van der Waals surface area contributed by atoms with Crippen molar-refractivity contribution in [2.75, 3.05) is 13.1 Å². The van der Waals surface area contributed by atoms with E-state index in [1.165, 1.54) is 0 Å². The van der Waals surface area contributed by atoms with Gasteiger partial charge in [-0.15, -0.1) is 0 Å². The zero-order valence-corrected chi connectivity index (χ0v) is 10.6. The summed E-state index contributed by atoms with van der Waals surface area (Å²) in [4.78, 5) is 1.76. The normalized spacial score (nSPS) is 22.1. The van der Waals surface area contributed by atoms with Crippen molar-refractivity contribution in [3.63, 3.8) is 0 Å². The quantitative estimate of drug-likeness (QED) is 0.718. The van der Waals surface area contributed by atoms with E-state index in [2.05, 4.69) is 12.6 Å². The van der Waals surface area contributed by atoms with Gasteiger partial charge in [0.25, 0.3) is 5.92 Å². The summed E-state index contributed by atoms with van der Waals surface area (Å²) in [6.07, 6.45) is 6.89. The van der Waals surface area contributed by atoms with Crippen molar-refractivity contribution in [1.82, 2.24) is 4.90 Å². The molecule has 0 radical (unpaired) electrons. The van der Waals surface area contributed by atoms with Crippen molar-refractivity contribution in [2.45, 2.75) is 31.7 Å². The van der Waals surface area contributed by atoms with Crippen molar-refractivity contribution in [1.29, 1.82) is 5.26 Å². The van der Waals surface area contributed by atoms with E-state index in [1.807, 2.05) is 19.1 Å². The fourth-order valence-electron chi connectivity index (χ4n) is 1.89. The SMILES string of the molecule is C=C(/C=C\C=C/C)C(C#N)N1CCC(F)(F)CC1. The Morgan fingerprint density at radius 2 is 2.00 bits per heavy atom. The summed E-state index contributed by atoms with van der Waals surface area (Å²) in [7, 11) is 0. The van der Waals surface area contributed by atoms with E-state index in [0.717, 1.165) is 0 Å². The summed E-state index contributed by atoms with van der Waals surface area (Å²) in [5, 5.41) is 9.14. The lowest BCUT2D eigenvalue weighted by Gasteiger charge is -2.34. The highest BCUT2D eigenvalue weighted by Gasteiger charge is 2.36. The van der Waals surface area contributed by atoms with Crippen molar-refractivity contribution < 1.29 is 8.78 Å². The number of likely N-dealkylation sites (tertiary alicyclic amines) is 1. The maximum atomic E-state index is 13.0. The van der Waals surface area contributed by atoms with Gasteiger partial charge in [0.05, 0.1) is 6.07 Å². The number of nitriles is 1. The van der Waals surface area contributed by atoms with Gasteiger partial charge in [0, 0.05) is 25.9 Å². The number of piperidine rings is 1. The molecule has 1 aliphatic heterocycles. The second kappa shape index (κ2) is 6.46. The first-order valence-corrected chi connectivity index (χ1v) is 6.00. The van der Waals surface area contributed by atoms with E-state index in [-0.39, 0.29) is 25.9 Å². The maximum absolute atomic E-state index is 13.0. The van der Waals surface area contributed by atoms with Crippen LogP contribution in [0.5, 0.6) is 0 Å². The molecule has 1 saturated heterocycles. The number of hydrogen-bond acceptors (Lipinski definition) is 2. The molecule has 18 heavy (non-hydrogen) atoms. The van der Waals surface area contributed by atoms with Crippen LogP contribution in [0.25, 0.3) is 0 Å². The molecule has 0 aromatic rings. The van der Waals surface area contributed by atoms with Gasteiger partial charge in [0.15, 0.2) is 0 Å². The van der Waals surface area contributed by atoms with Gasteiger partial charge in [-0.3, -0.25) is 4.90 Å². The Labute approximate surface area is 107 Å². The van der Waals surface area contributed by atoms with Crippen LogP contribution in [0.1, 0.15) is 19.8 Å². The van der Waals surface area contributed by atoms with Crippen LogP contribution >= 0.6 is 0 Å². The van der Waals surface area contributed by atoms with E-state index in [1.54, 1.807) is 17.1 Å². The Kier molecular flexibility index (Phi) is 5.24. The predicted molar refractivity (Wildman–Crippen MR) is 68.2 cm³/mol. The first-order valence-electron chi connectivity index (χ1n) is 6.00. The third kappa shape index (κ3) is 4.08. The van der Waals surface area contributed by atoms with E-state index in [4.69, 9.17) is 5.26 Å². The monoisotopic (exact) mass is 252 g/mol. The zero-order chi connectivity index (χ0) is 13.6. The molecule has 0 aliphatic carbocycles. The average molecular weight is 252 g/mol. The summed E-state index contributed by atoms with van der Waals surface area (Å²) >= 11 is 0. The largest absolute Gasteiger partial charge is 0.284 e. The van der Waals surface area contributed by atoms with Gasteiger partial charge in [0.2, 0.25) is 0 Å². The van der Waals surface area contributed by atoms with Crippen LogP contribution in [-0.4, -0.2) is 30.0 Å². The number of alkyl halides is 2. The maximum Gasteiger partial charge on any atom is 0.250 e. The molecule has 0 amide bonds. The minimum absolute atomic E-state index is 0.183. The van der Waals surface area contributed by atoms with Crippen LogP contribution in [0.4, 0.5) is 8.78 Å². The van der Waals surface area contributed by atoms with E-state index in [9.17, 15) is 8.78 Å². The smallest absolute Gasteiger partial charge is 0.250 e. The molecule has 1 unspecified atom stereocenters. The third-order valence-electron chi connectivity index (χ3n) is 2.98. The molecule has 4 heteroatoms. The molecule has 1 atom stereocenters. The first-order chi connectivity index (χ1) is 8.50. The molecule has 0 aromatic heterocycles.